The molecule has 0 spiro atoms. The van der Waals surface area contributed by atoms with Crippen LogP contribution in [0, 0.1) is 0 Å². The van der Waals surface area contributed by atoms with Crippen molar-refractivity contribution in [1.29, 1.82) is 0 Å². The molecule has 0 aromatic rings. The molecule has 1 aliphatic rings. The topological polar surface area (TPSA) is 61.8 Å². The lowest BCUT2D eigenvalue weighted by atomic mass is 10.2. The van der Waals surface area contributed by atoms with E-state index < -0.39 is 0 Å². The minimum Gasteiger partial charge on any atom is -0.395 e. The molecule has 0 radical (unpaired) electrons. The summed E-state index contributed by atoms with van der Waals surface area (Å²) < 4.78 is 5.39. The summed E-state index contributed by atoms with van der Waals surface area (Å²) in [6.07, 6.45) is 0.827. The Kier molecular flexibility index (Phi) is 4.31. The number of nitrogens with zero attached hydrogens (tertiary/aromatic N) is 1. The number of rotatable bonds is 4. The molecule has 1 rings (SSSR count). The number of aliphatic hydroxyl groups excluding tert-OH is 1. The second kappa shape index (κ2) is 5.29. The quantitative estimate of drug-likeness (QED) is 0.602. The Hall–Kier alpha value is -0.650. The van der Waals surface area contributed by atoms with E-state index in [0.717, 1.165) is 6.42 Å². The van der Waals surface area contributed by atoms with Gasteiger partial charge >= 0.3 is 0 Å². The fourth-order valence-corrected chi connectivity index (χ4v) is 1.37. The lowest BCUT2D eigenvalue weighted by Gasteiger charge is -2.13. The number of likely N-dealkylation sites (N-methyl/N-ethyl adjacent to an activating group) is 1. The number of nitrogens with one attached hydrogen (secondary N) is 1. The van der Waals surface area contributed by atoms with Crippen molar-refractivity contribution in [3.63, 3.8) is 0 Å². The Morgan fingerprint density at radius 1 is 1.64 bits per heavy atom. The number of hydrogen-bond donors (Lipinski definition) is 2. The minimum atomic E-state index is -0.0301. The Morgan fingerprint density at radius 2 is 2.36 bits per heavy atom. The van der Waals surface area contributed by atoms with E-state index in [9.17, 15) is 4.79 Å². The molecule has 1 fully saturated rings. The van der Waals surface area contributed by atoms with E-state index in [-0.39, 0.29) is 31.3 Å². The van der Waals surface area contributed by atoms with Crippen molar-refractivity contribution in [2.24, 2.45) is 0 Å². The number of carbonyl (C=O) groups is 1. The van der Waals surface area contributed by atoms with E-state index in [4.69, 9.17) is 9.84 Å². The second-order valence-corrected chi connectivity index (χ2v) is 3.74. The molecule has 0 aromatic heterocycles. The van der Waals surface area contributed by atoms with Crippen LogP contribution in [0.5, 0.6) is 0 Å². The molecule has 82 valence electrons. The van der Waals surface area contributed by atoms with Crippen LogP contribution in [0.2, 0.25) is 0 Å². The van der Waals surface area contributed by atoms with Crippen LogP contribution in [0.3, 0.4) is 0 Å². The van der Waals surface area contributed by atoms with Crippen LogP contribution in [0.4, 0.5) is 0 Å². The van der Waals surface area contributed by atoms with E-state index in [1.54, 1.807) is 14.1 Å². The average molecular weight is 202 g/mol. The first-order valence-electron chi connectivity index (χ1n) is 4.79. The van der Waals surface area contributed by atoms with Crippen LogP contribution < -0.4 is 5.32 Å². The Bertz CT molecular complexity index is 196. The third-order valence-electron chi connectivity index (χ3n) is 2.34. The summed E-state index contributed by atoms with van der Waals surface area (Å²) >= 11 is 0. The zero-order valence-electron chi connectivity index (χ0n) is 8.69. The summed E-state index contributed by atoms with van der Waals surface area (Å²) in [6, 6.07) is 0.120. The van der Waals surface area contributed by atoms with Gasteiger partial charge in [-0.15, -0.1) is 0 Å². The maximum absolute atomic E-state index is 11.2. The average Bonchev–Trinajstić information content (AvgIpc) is 2.61. The fraction of sp³-hybridized carbons (Fsp3) is 0.889. The molecule has 2 atom stereocenters. The first kappa shape index (κ1) is 11.4. The third-order valence-corrected chi connectivity index (χ3v) is 2.34. The highest BCUT2D eigenvalue weighted by molar-refractivity contribution is 5.76. The molecule has 1 aliphatic heterocycles. The van der Waals surface area contributed by atoms with Crippen LogP contribution in [-0.2, 0) is 9.53 Å². The van der Waals surface area contributed by atoms with Crippen molar-refractivity contribution in [2.45, 2.75) is 18.6 Å². The van der Waals surface area contributed by atoms with Gasteiger partial charge in [0.05, 0.1) is 12.7 Å². The monoisotopic (exact) mass is 202 g/mol. The summed E-state index contributed by atoms with van der Waals surface area (Å²) in [5.41, 5.74) is 0. The van der Waals surface area contributed by atoms with Gasteiger partial charge in [0.15, 0.2) is 0 Å². The van der Waals surface area contributed by atoms with Crippen molar-refractivity contribution >= 4 is 5.91 Å². The zero-order valence-corrected chi connectivity index (χ0v) is 8.69. The first-order chi connectivity index (χ1) is 6.63. The van der Waals surface area contributed by atoms with E-state index in [1.165, 1.54) is 4.90 Å². The van der Waals surface area contributed by atoms with Gasteiger partial charge in [-0.1, -0.05) is 0 Å². The van der Waals surface area contributed by atoms with Crippen molar-refractivity contribution in [3.05, 3.63) is 0 Å². The molecule has 1 amide bonds. The van der Waals surface area contributed by atoms with Gasteiger partial charge in [0, 0.05) is 26.7 Å². The standard InChI is InChI=1S/C9H18N2O3/c1-11(2)9(13)6-14-8-3-7(5-12)10-4-8/h7-8,10,12H,3-6H2,1-2H3. The molecule has 0 bridgehead atoms. The van der Waals surface area contributed by atoms with Gasteiger partial charge in [0.25, 0.3) is 0 Å². The predicted octanol–water partition coefficient (Wildman–Crippen LogP) is -1.19. The molecular weight excluding hydrogens is 184 g/mol. The van der Waals surface area contributed by atoms with Crippen LogP contribution in [-0.4, -0.2) is 61.9 Å². The lowest BCUT2D eigenvalue weighted by Crippen LogP contribution is -2.29. The number of ether oxygens (including phenoxy) is 1. The molecule has 14 heavy (non-hydrogen) atoms. The number of hydrogen-bond acceptors (Lipinski definition) is 4. The molecule has 1 heterocycles. The van der Waals surface area contributed by atoms with Gasteiger partial charge in [-0.25, -0.2) is 0 Å². The highest BCUT2D eigenvalue weighted by atomic mass is 16.5. The van der Waals surface area contributed by atoms with Crippen LogP contribution >= 0.6 is 0 Å². The highest BCUT2D eigenvalue weighted by Gasteiger charge is 2.24. The summed E-state index contributed by atoms with van der Waals surface area (Å²) in [7, 11) is 3.41. The molecule has 5 nitrogen and oxygen atoms in total. The molecular formula is C9H18N2O3. The summed E-state index contributed by atoms with van der Waals surface area (Å²) in [6.45, 7) is 0.963. The summed E-state index contributed by atoms with van der Waals surface area (Å²) in [5.74, 6) is -0.0301. The van der Waals surface area contributed by atoms with Gasteiger partial charge in [0.2, 0.25) is 5.91 Å². The van der Waals surface area contributed by atoms with Crippen molar-refractivity contribution in [1.82, 2.24) is 10.2 Å². The lowest BCUT2D eigenvalue weighted by molar-refractivity contribution is -0.135. The van der Waals surface area contributed by atoms with Crippen molar-refractivity contribution in [3.8, 4) is 0 Å². The summed E-state index contributed by atoms with van der Waals surface area (Å²) in [4.78, 5) is 12.7. The van der Waals surface area contributed by atoms with E-state index in [0.29, 0.717) is 6.54 Å². The SMILES string of the molecule is CN(C)C(=O)COC1CNC(CO)C1. The van der Waals surface area contributed by atoms with Crippen LogP contribution in [0.1, 0.15) is 6.42 Å². The molecule has 1 saturated heterocycles. The van der Waals surface area contributed by atoms with E-state index >= 15 is 0 Å². The Balaban J connectivity index is 2.17. The maximum Gasteiger partial charge on any atom is 0.248 e. The molecule has 2 unspecified atom stereocenters. The van der Waals surface area contributed by atoms with Gasteiger partial charge in [0.1, 0.15) is 6.61 Å². The number of amides is 1. The zero-order chi connectivity index (χ0) is 10.6. The van der Waals surface area contributed by atoms with Gasteiger partial charge in [-0.2, -0.15) is 0 Å². The van der Waals surface area contributed by atoms with E-state index in [1.807, 2.05) is 0 Å². The largest absolute Gasteiger partial charge is 0.395 e. The molecule has 0 aliphatic carbocycles. The van der Waals surface area contributed by atoms with E-state index in [2.05, 4.69) is 5.32 Å². The third kappa shape index (κ3) is 3.25. The Morgan fingerprint density at radius 3 is 2.86 bits per heavy atom. The number of aliphatic hydroxyl groups is 1. The van der Waals surface area contributed by atoms with Crippen molar-refractivity contribution in [2.75, 3.05) is 33.9 Å². The number of carbonyl (C=O) groups excluding carboxylic acids is 1. The van der Waals surface area contributed by atoms with Crippen LogP contribution in [0.15, 0.2) is 0 Å². The fourth-order valence-electron chi connectivity index (χ4n) is 1.37. The smallest absolute Gasteiger partial charge is 0.248 e. The van der Waals surface area contributed by atoms with Crippen LogP contribution in [0.25, 0.3) is 0 Å². The Labute approximate surface area is 84.0 Å². The van der Waals surface area contributed by atoms with Crippen molar-refractivity contribution < 1.29 is 14.6 Å². The van der Waals surface area contributed by atoms with Gasteiger partial charge in [-0.05, 0) is 6.42 Å². The molecule has 0 saturated carbocycles. The normalized spacial score (nSPS) is 26.5. The molecule has 2 N–H and O–H groups in total. The molecule has 5 heteroatoms. The second-order valence-electron chi connectivity index (χ2n) is 3.74. The minimum absolute atomic E-state index is 0.0301. The maximum atomic E-state index is 11.2. The molecule has 0 aromatic carbocycles. The van der Waals surface area contributed by atoms with Gasteiger partial charge in [-0.3, -0.25) is 4.79 Å². The highest BCUT2D eigenvalue weighted by Crippen LogP contribution is 2.09. The predicted molar refractivity (Wildman–Crippen MR) is 51.9 cm³/mol. The summed E-state index contributed by atoms with van der Waals surface area (Å²) in [5, 5.41) is 12.0. The first-order valence-corrected chi connectivity index (χ1v) is 4.79. The van der Waals surface area contributed by atoms with Gasteiger partial charge < -0.3 is 20.1 Å².